The smallest absolute Gasteiger partial charge is 0.321 e. The fraction of sp³-hybridized carbons (Fsp3) is 0.444. The Balaban J connectivity index is 1.59. The van der Waals surface area contributed by atoms with Crippen LogP contribution in [0.5, 0.6) is 0 Å². The SMILES string of the molecule is C#CCN1CCC(C(=O)Nc2cccc(N3CCNC3=O)c2)CC1. The monoisotopic (exact) mass is 326 g/mol. The predicted octanol–water partition coefficient (Wildman–Crippen LogP) is 1.50. The number of hydrogen-bond acceptors (Lipinski definition) is 3. The molecule has 126 valence electrons. The van der Waals surface area contributed by atoms with E-state index in [-0.39, 0.29) is 17.9 Å². The summed E-state index contributed by atoms with van der Waals surface area (Å²) in [5, 5.41) is 5.76. The quantitative estimate of drug-likeness (QED) is 0.824. The molecule has 2 aliphatic rings. The number of terminal acetylenes is 1. The van der Waals surface area contributed by atoms with Gasteiger partial charge in [0.2, 0.25) is 5.91 Å². The molecule has 3 amide bonds. The summed E-state index contributed by atoms with van der Waals surface area (Å²) in [5.74, 6) is 2.70. The van der Waals surface area contributed by atoms with Crippen LogP contribution in [0.25, 0.3) is 0 Å². The van der Waals surface area contributed by atoms with E-state index in [0.717, 1.165) is 37.3 Å². The van der Waals surface area contributed by atoms with Crippen LogP contribution in [0.3, 0.4) is 0 Å². The molecule has 1 aromatic rings. The number of carbonyl (C=O) groups is 2. The second-order valence-electron chi connectivity index (χ2n) is 6.18. The van der Waals surface area contributed by atoms with Crippen LogP contribution < -0.4 is 15.5 Å². The molecule has 3 rings (SSSR count). The van der Waals surface area contributed by atoms with Crippen LogP contribution in [-0.2, 0) is 4.79 Å². The lowest BCUT2D eigenvalue weighted by Gasteiger charge is -2.29. The highest BCUT2D eigenvalue weighted by atomic mass is 16.2. The summed E-state index contributed by atoms with van der Waals surface area (Å²) in [4.78, 5) is 28.1. The van der Waals surface area contributed by atoms with Crippen molar-refractivity contribution in [3.63, 3.8) is 0 Å². The number of benzene rings is 1. The molecule has 2 fully saturated rings. The number of rotatable bonds is 4. The van der Waals surface area contributed by atoms with Crippen LogP contribution in [0, 0.1) is 18.3 Å². The second-order valence-corrected chi connectivity index (χ2v) is 6.18. The van der Waals surface area contributed by atoms with Crippen molar-refractivity contribution >= 4 is 23.3 Å². The van der Waals surface area contributed by atoms with E-state index >= 15 is 0 Å². The number of likely N-dealkylation sites (tertiary alicyclic amines) is 1. The van der Waals surface area contributed by atoms with Crippen molar-refractivity contribution in [3.05, 3.63) is 24.3 Å². The van der Waals surface area contributed by atoms with Gasteiger partial charge in [0.05, 0.1) is 6.54 Å². The van der Waals surface area contributed by atoms with Gasteiger partial charge < -0.3 is 10.6 Å². The molecule has 2 N–H and O–H groups in total. The number of nitrogens with zero attached hydrogens (tertiary/aromatic N) is 2. The van der Waals surface area contributed by atoms with E-state index in [0.29, 0.717) is 19.6 Å². The molecule has 0 spiro atoms. The van der Waals surface area contributed by atoms with Crippen molar-refractivity contribution in [3.8, 4) is 12.3 Å². The third kappa shape index (κ3) is 3.69. The molecular weight excluding hydrogens is 304 g/mol. The highest BCUT2D eigenvalue weighted by molar-refractivity contribution is 5.96. The Labute approximate surface area is 142 Å². The van der Waals surface area contributed by atoms with Gasteiger partial charge in [-0.15, -0.1) is 6.42 Å². The molecule has 0 bridgehead atoms. The van der Waals surface area contributed by atoms with E-state index in [9.17, 15) is 9.59 Å². The maximum atomic E-state index is 12.5. The summed E-state index contributed by atoms with van der Waals surface area (Å²) in [5.41, 5.74) is 1.52. The molecule has 0 saturated carbocycles. The van der Waals surface area contributed by atoms with Crippen LogP contribution in [0.2, 0.25) is 0 Å². The molecule has 2 heterocycles. The van der Waals surface area contributed by atoms with Crippen molar-refractivity contribution in [2.75, 3.05) is 42.9 Å². The van der Waals surface area contributed by atoms with Gasteiger partial charge in [-0.3, -0.25) is 14.6 Å². The third-order valence-electron chi connectivity index (χ3n) is 4.56. The Morgan fingerprint density at radius 2 is 2.12 bits per heavy atom. The summed E-state index contributed by atoms with van der Waals surface area (Å²) in [7, 11) is 0. The standard InChI is InChI=1S/C18H22N4O2/c1-2-9-21-10-6-14(7-11-21)17(23)20-15-4-3-5-16(13-15)22-12-8-19-18(22)24/h1,3-5,13-14H,6-12H2,(H,19,24)(H,20,23). The number of carbonyl (C=O) groups excluding carboxylic acids is 2. The van der Waals surface area contributed by atoms with Gasteiger partial charge in [-0.2, -0.15) is 0 Å². The van der Waals surface area contributed by atoms with Gasteiger partial charge in [-0.05, 0) is 44.1 Å². The van der Waals surface area contributed by atoms with Gasteiger partial charge in [-0.25, -0.2) is 4.79 Å². The number of nitrogens with one attached hydrogen (secondary N) is 2. The van der Waals surface area contributed by atoms with Gasteiger partial charge in [-0.1, -0.05) is 12.0 Å². The Bertz CT molecular complexity index is 659. The van der Waals surface area contributed by atoms with E-state index in [1.54, 1.807) is 4.90 Å². The highest BCUT2D eigenvalue weighted by Crippen LogP contribution is 2.23. The van der Waals surface area contributed by atoms with Gasteiger partial charge in [0, 0.05) is 30.4 Å². The number of urea groups is 1. The normalized spacial score (nSPS) is 19.0. The first kappa shape index (κ1) is 16.3. The van der Waals surface area contributed by atoms with Gasteiger partial charge in [0.1, 0.15) is 0 Å². The maximum absolute atomic E-state index is 12.5. The Kier molecular flexibility index (Phi) is 5.02. The number of anilines is 2. The number of piperidine rings is 1. The number of amides is 3. The molecule has 6 nitrogen and oxygen atoms in total. The second kappa shape index (κ2) is 7.37. The lowest BCUT2D eigenvalue weighted by Crippen LogP contribution is -2.38. The average molecular weight is 326 g/mol. The molecule has 6 heteroatoms. The fourth-order valence-corrected chi connectivity index (χ4v) is 3.20. The van der Waals surface area contributed by atoms with Gasteiger partial charge >= 0.3 is 6.03 Å². The molecule has 0 aliphatic carbocycles. The minimum atomic E-state index is -0.0978. The largest absolute Gasteiger partial charge is 0.336 e. The van der Waals surface area contributed by atoms with E-state index in [1.165, 1.54) is 0 Å². The van der Waals surface area contributed by atoms with Crippen LogP contribution in [0.15, 0.2) is 24.3 Å². The topological polar surface area (TPSA) is 64.7 Å². The summed E-state index contributed by atoms with van der Waals surface area (Å²) < 4.78 is 0. The lowest BCUT2D eigenvalue weighted by molar-refractivity contribution is -0.121. The number of hydrogen-bond donors (Lipinski definition) is 2. The molecular formula is C18H22N4O2. The Hall–Kier alpha value is -2.52. The summed E-state index contributed by atoms with van der Waals surface area (Å²) >= 11 is 0. The van der Waals surface area contributed by atoms with Crippen molar-refractivity contribution in [1.29, 1.82) is 0 Å². The highest BCUT2D eigenvalue weighted by Gasteiger charge is 2.25. The third-order valence-corrected chi connectivity index (χ3v) is 4.56. The average Bonchev–Trinajstić information content (AvgIpc) is 3.02. The minimum Gasteiger partial charge on any atom is -0.336 e. The van der Waals surface area contributed by atoms with E-state index in [1.807, 2.05) is 24.3 Å². The van der Waals surface area contributed by atoms with Crippen molar-refractivity contribution in [2.45, 2.75) is 12.8 Å². The first-order chi connectivity index (χ1) is 11.7. The predicted molar refractivity (Wildman–Crippen MR) is 93.8 cm³/mol. The molecule has 0 radical (unpaired) electrons. The Morgan fingerprint density at radius 1 is 1.33 bits per heavy atom. The molecule has 2 saturated heterocycles. The lowest BCUT2D eigenvalue weighted by atomic mass is 9.96. The van der Waals surface area contributed by atoms with Crippen LogP contribution >= 0.6 is 0 Å². The van der Waals surface area contributed by atoms with E-state index in [2.05, 4.69) is 21.5 Å². The first-order valence-corrected chi connectivity index (χ1v) is 8.29. The van der Waals surface area contributed by atoms with Crippen molar-refractivity contribution in [2.24, 2.45) is 5.92 Å². The van der Waals surface area contributed by atoms with E-state index < -0.39 is 0 Å². The van der Waals surface area contributed by atoms with Gasteiger partial charge in [0.25, 0.3) is 0 Å². The van der Waals surface area contributed by atoms with Crippen molar-refractivity contribution in [1.82, 2.24) is 10.2 Å². The zero-order valence-electron chi connectivity index (χ0n) is 13.6. The minimum absolute atomic E-state index is 0.0118. The van der Waals surface area contributed by atoms with Crippen molar-refractivity contribution < 1.29 is 9.59 Å². The zero-order valence-corrected chi connectivity index (χ0v) is 13.6. The molecule has 0 unspecified atom stereocenters. The maximum Gasteiger partial charge on any atom is 0.321 e. The van der Waals surface area contributed by atoms with Crippen LogP contribution in [0.1, 0.15) is 12.8 Å². The molecule has 1 aromatic carbocycles. The Morgan fingerprint density at radius 3 is 2.79 bits per heavy atom. The first-order valence-electron chi connectivity index (χ1n) is 8.29. The van der Waals surface area contributed by atoms with E-state index in [4.69, 9.17) is 6.42 Å². The zero-order chi connectivity index (χ0) is 16.9. The summed E-state index contributed by atoms with van der Waals surface area (Å²) in [6.07, 6.45) is 6.97. The van der Waals surface area contributed by atoms with Gasteiger partial charge in [0.15, 0.2) is 0 Å². The van der Waals surface area contributed by atoms with Crippen LogP contribution in [0.4, 0.5) is 16.2 Å². The molecule has 24 heavy (non-hydrogen) atoms. The summed E-state index contributed by atoms with van der Waals surface area (Å²) in [6, 6.07) is 7.32. The molecule has 2 aliphatic heterocycles. The molecule has 0 aromatic heterocycles. The van der Waals surface area contributed by atoms with Crippen LogP contribution in [-0.4, -0.2) is 49.6 Å². The summed E-state index contributed by atoms with van der Waals surface area (Å²) in [6.45, 7) is 3.65. The fourth-order valence-electron chi connectivity index (χ4n) is 3.20. The molecule has 0 atom stereocenters.